The van der Waals surface area contributed by atoms with E-state index < -0.39 is 11.7 Å². The monoisotopic (exact) mass is 280 g/mol. The van der Waals surface area contributed by atoms with Crippen molar-refractivity contribution in [1.29, 1.82) is 0 Å². The topological polar surface area (TPSA) is 41.6 Å². The van der Waals surface area contributed by atoms with Crippen molar-refractivity contribution in [3.63, 3.8) is 0 Å². The summed E-state index contributed by atoms with van der Waals surface area (Å²) in [7, 11) is 0. The number of hydrogen-bond acceptors (Lipinski definition) is 3. The Bertz CT molecular complexity index is 535. The molecule has 0 atom stereocenters. The number of carbonyl (C=O) groups excluding carboxylic acids is 1. The van der Waals surface area contributed by atoms with E-state index in [1.54, 1.807) is 11.0 Å². The predicted molar refractivity (Wildman–Crippen MR) is 77.7 cm³/mol. The highest BCUT2D eigenvalue weighted by Gasteiger charge is 2.35. The Balaban J connectivity index is 2.37. The second kappa shape index (κ2) is 4.65. The predicted octanol–water partition coefficient (Wildman–Crippen LogP) is 3.77. The summed E-state index contributed by atoms with van der Waals surface area (Å²) in [5.74, 6) is -0.335. The first-order valence-corrected chi connectivity index (χ1v) is 6.66. The number of nitrogens with one attached hydrogen (secondary N) is 1. The van der Waals surface area contributed by atoms with Crippen LogP contribution in [0.5, 0.6) is 0 Å². The van der Waals surface area contributed by atoms with Gasteiger partial charge in [0.05, 0.1) is 17.9 Å². The third kappa shape index (κ3) is 3.21. The quantitative estimate of drug-likeness (QED) is 0.786. The van der Waals surface area contributed by atoms with Gasteiger partial charge in [-0.25, -0.2) is 9.18 Å². The lowest BCUT2D eigenvalue weighted by molar-refractivity contribution is 0.0573. The van der Waals surface area contributed by atoms with E-state index in [0.717, 1.165) is 0 Å². The molecule has 0 bridgehead atoms. The van der Waals surface area contributed by atoms with E-state index in [1.807, 2.05) is 34.6 Å². The number of rotatable bonds is 0. The number of benzene rings is 1. The lowest BCUT2D eigenvalue weighted by Crippen LogP contribution is -2.51. The van der Waals surface area contributed by atoms with Crippen molar-refractivity contribution in [3.8, 4) is 0 Å². The van der Waals surface area contributed by atoms with Gasteiger partial charge in [-0.15, -0.1) is 0 Å². The molecule has 1 aliphatic rings. The van der Waals surface area contributed by atoms with Gasteiger partial charge in [0, 0.05) is 5.54 Å². The van der Waals surface area contributed by atoms with E-state index in [-0.39, 0.29) is 11.4 Å². The maximum atomic E-state index is 13.4. The van der Waals surface area contributed by atoms with Crippen molar-refractivity contribution < 1.29 is 13.9 Å². The standard InChI is InChI=1S/C15H21FN2O2/c1-14(2,3)20-13(19)18-9-15(4,5)17-11-8-10(16)6-7-12(11)18/h6-8,17H,9H2,1-5H3. The van der Waals surface area contributed by atoms with Crippen LogP contribution in [0.15, 0.2) is 18.2 Å². The van der Waals surface area contributed by atoms with E-state index >= 15 is 0 Å². The number of anilines is 2. The fourth-order valence-electron chi connectivity index (χ4n) is 2.21. The van der Waals surface area contributed by atoms with Gasteiger partial charge >= 0.3 is 6.09 Å². The van der Waals surface area contributed by atoms with E-state index in [0.29, 0.717) is 17.9 Å². The third-order valence-electron chi connectivity index (χ3n) is 2.89. The van der Waals surface area contributed by atoms with E-state index in [1.165, 1.54) is 12.1 Å². The number of ether oxygens (including phenoxy) is 1. The Morgan fingerprint density at radius 2 is 2.05 bits per heavy atom. The molecule has 0 saturated carbocycles. The number of halogens is 1. The van der Waals surface area contributed by atoms with E-state index in [2.05, 4.69) is 5.32 Å². The Morgan fingerprint density at radius 1 is 1.40 bits per heavy atom. The van der Waals surface area contributed by atoms with Crippen LogP contribution in [-0.2, 0) is 4.74 Å². The molecule has 0 spiro atoms. The van der Waals surface area contributed by atoms with Crippen LogP contribution < -0.4 is 10.2 Å². The van der Waals surface area contributed by atoms with Gasteiger partial charge in [0.2, 0.25) is 0 Å². The van der Waals surface area contributed by atoms with Gasteiger partial charge in [-0.05, 0) is 52.8 Å². The van der Waals surface area contributed by atoms with Crippen LogP contribution in [0.4, 0.5) is 20.6 Å². The molecular weight excluding hydrogens is 259 g/mol. The van der Waals surface area contributed by atoms with Crippen LogP contribution in [0.25, 0.3) is 0 Å². The molecule has 110 valence electrons. The van der Waals surface area contributed by atoms with Crippen LogP contribution in [0, 0.1) is 5.82 Å². The van der Waals surface area contributed by atoms with Crippen molar-refractivity contribution in [2.24, 2.45) is 0 Å². The molecule has 1 aromatic rings. The normalized spacial score (nSPS) is 17.2. The van der Waals surface area contributed by atoms with Gasteiger partial charge in [0.15, 0.2) is 0 Å². The summed E-state index contributed by atoms with van der Waals surface area (Å²) < 4.78 is 18.8. The Morgan fingerprint density at radius 3 is 2.65 bits per heavy atom. The molecular formula is C15H21FN2O2. The first kappa shape index (κ1) is 14.6. The molecule has 2 rings (SSSR count). The SMILES string of the molecule is CC1(C)CN(C(=O)OC(C)(C)C)c2ccc(F)cc2N1. The molecule has 0 unspecified atom stereocenters. The Hall–Kier alpha value is -1.78. The molecule has 0 fully saturated rings. The summed E-state index contributed by atoms with van der Waals surface area (Å²) in [6, 6.07) is 4.33. The van der Waals surface area contributed by atoms with Gasteiger partial charge < -0.3 is 10.1 Å². The highest BCUT2D eigenvalue weighted by molar-refractivity contribution is 5.94. The largest absolute Gasteiger partial charge is 0.443 e. The highest BCUT2D eigenvalue weighted by atomic mass is 19.1. The fourth-order valence-corrected chi connectivity index (χ4v) is 2.21. The first-order valence-electron chi connectivity index (χ1n) is 6.66. The summed E-state index contributed by atoms with van der Waals surface area (Å²) in [6.07, 6.45) is -0.417. The maximum Gasteiger partial charge on any atom is 0.414 e. The number of amides is 1. The Labute approximate surface area is 118 Å². The van der Waals surface area contributed by atoms with Crippen LogP contribution in [-0.4, -0.2) is 23.8 Å². The molecule has 4 nitrogen and oxygen atoms in total. The van der Waals surface area contributed by atoms with Gasteiger partial charge in [-0.2, -0.15) is 0 Å². The average Bonchev–Trinajstić information content (AvgIpc) is 2.23. The molecule has 0 aromatic heterocycles. The molecule has 1 aromatic carbocycles. The van der Waals surface area contributed by atoms with Gasteiger partial charge in [-0.3, -0.25) is 4.90 Å². The first-order chi connectivity index (χ1) is 9.07. The van der Waals surface area contributed by atoms with Crippen molar-refractivity contribution in [3.05, 3.63) is 24.0 Å². The van der Waals surface area contributed by atoms with E-state index in [9.17, 15) is 9.18 Å². The number of nitrogens with zero attached hydrogens (tertiary/aromatic N) is 1. The minimum absolute atomic E-state index is 0.335. The van der Waals surface area contributed by atoms with Gasteiger partial charge in [0.1, 0.15) is 11.4 Å². The number of hydrogen-bond donors (Lipinski definition) is 1. The third-order valence-corrected chi connectivity index (χ3v) is 2.89. The van der Waals surface area contributed by atoms with Crippen LogP contribution in [0.1, 0.15) is 34.6 Å². The lowest BCUT2D eigenvalue weighted by atomic mass is 9.99. The Kier molecular flexibility index (Phi) is 3.40. The molecule has 0 saturated heterocycles. The molecule has 0 radical (unpaired) electrons. The highest BCUT2D eigenvalue weighted by Crippen LogP contribution is 2.35. The van der Waals surface area contributed by atoms with Gasteiger partial charge in [-0.1, -0.05) is 0 Å². The molecule has 20 heavy (non-hydrogen) atoms. The number of fused-ring (bicyclic) bond motifs is 1. The van der Waals surface area contributed by atoms with E-state index in [4.69, 9.17) is 4.74 Å². The summed E-state index contributed by atoms with van der Waals surface area (Å²) >= 11 is 0. The summed E-state index contributed by atoms with van der Waals surface area (Å²) in [4.78, 5) is 13.9. The van der Waals surface area contributed by atoms with Crippen LogP contribution in [0.3, 0.4) is 0 Å². The zero-order chi connectivity index (χ0) is 15.1. The zero-order valence-electron chi connectivity index (χ0n) is 12.6. The molecule has 1 amide bonds. The van der Waals surface area contributed by atoms with Crippen molar-refractivity contribution in [1.82, 2.24) is 0 Å². The van der Waals surface area contributed by atoms with Crippen molar-refractivity contribution >= 4 is 17.5 Å². The maximum absolute atomic E-state index is 13.4. The second-order valence-electron chi connectivity index (χ2n) is 6.74. The molecule has 0 aliphatic carbocycles. The molecule has 5 heteroatoms. The molecule has 1 N–H and O–H groups in total. The van der Waals surface area contributed by atoms with Crippen LogP contribution >= 0.6 is 0 Å². The van der Waals surface area contributed by atoms with Crippen LogP contribution in [0.2, 0.25) is 0 Å². The smallest absolute Gasteiger partial charge is 0.414 e. The molecule has 1 aliphatic heterocycles. The van der Waals surface area contributed by atoms with Crippen molar-refractivity contribution in [2.45, 2.75) is 45.8 Å². The average molecular weight is 280 g/mol. The fraction of sp³-hybridized carbons (Fsp3) is 0.533. The summed E-state index contributed by atoms with van der Waals surface area (Å²) in [5, 5.41) is 3.24. The minimum atomic E-state index is -0.563. The molecule has 1 heterocycles. The zero-order valence-corrected chi connectivity index (χ0v) is 12.6. The summed E-state index contributed by atoms with van der Waals surface area (Å²) in [5.41, 5.74) is 0.330. The van der Waals surface area contributed by atoms with Crippen molar-refractivity contribution in [2.75, 3.05) is 16.8 Å². The minimum Gasteiger partial charge on any atom is -0.443 e. The second-order valence-corrected chi connectivity index (χ2v) is 6.74. The van der Waals surface area contributed by atoms with Gasteiger partial charge in [0.25, 0.3) is 0 Å². The number of carbonyl (C=O) groups is 1. The lowest BCUT2D eigenvalue weighted by Gasteiger charge is -2.41. The summed E-state index contributed by atoms with van der Waals surface area (Å²) in [6.45, 7) is 9.84.